The number of aromatic nitrogens is 2. The first-order valence-corrected chi connectivity index (χ1v) is 12.7. The standard InChI is InChI=1S/C21H23N2O2S3/c1-16-10-12-18(13-11-16)28(24,25)19-20(23-14-6-3-7-15-23)27-21(22-19)26-17-8-4-2-5-9-17/h3,6-7,10-15,17H,2,4-5,8-9H2,1H3/q+1. The zero-order valence-electron chi connectivity index (χ0n) is 15.7. The van der Waals surface area contributed by atoms with Crippen LogP contribution in [0.2, 0.25) is 0 Å². The lowest BCUT2D eigenvalue weighted by Crippen LogP contribution is -2.29. The van der Waals surface area contributed by atoms with Gasteiger partial charge in [0.05, 0.1) is 4.90 Å². The van der Waals surface area contributed by atoms with Gasteiger partial charge in [0, 0.05) is 17.4 Å². The topological polar surface area (TPSA) is 50.9 Å². The monoisotopic (exact) mass is 431 g/mol. The molecule has 0 saturated heterocycles. The summed E-state index contributed by atoms with van der Waals surface area (Å²) in [6.45, 7) is 1.95. The lowest BCUT2D eigenvalue weighted by atomic mass is 10.0. The largest absolute Gasteiger partial charge is 0.307 e. The normalized spacial score (nSPS) is 15.6. The number of hydrogen-bond acceptors (Lipinski definition) is 5. The summed E-state index contributed by atoms with van der Waals surface area (Å²) in [6, 6.07) is 12.7. The van der Waals surface area contributed by atoms with Crippen molar-refractivity contribution in [3.05, 3.63) is 60.4 Å². The van der Waals surface area contributed by atoms with Crippen LogP contribution in [0.1, 0.15) is 37.7 Å². The van der Waals surface area contributed by atoms with Gasteiger partial charge >= 0.3 is 5.00 Å². The third kappa shape index (κ3) is 4.16. The molecular weight excluding hydrogens is 408 g/mol. The number of sulfone groups is 1. The highest BCUT2D eigenvalue weighted by atomic mass is 32.2. The first kappa shape index (κ1) is 19.6. The van der Waals surface area contributed by atoms with Crippen LogP contribution in [0.15, 0.2) is 69.1 Å². The van der Waals surface area contributed by atoms with Gasteiger partial charge < -0.3 is 0 Å². The molecular formula is C21H23N2O2S3+. The van der Waals surface area contributed by atoms with E-state index in [4.69, 9.17) is 0 Å². The number of benzene rings is 1. The van der Waals surface area contributed by atoms with Crippen LogP contribution in [0.25, 0.3) is 5.00 Å². The van der Waals surface area contributed by atoms with Crippen molar-refractivity contribution >= 4 is 32.9 Å². The van der Waals surface area contributed by atoms with E-state index in [2.05, 4.69) is 4.98 Å². The van der Waals surface area contributed by atoms with Crippen LogP contribution >= 0.6 is 23.1 Å². The van der Waals surface area contributed by atoms with E-state index in [-0.39, 0.29) is 9.92 Å². The summed E-state index contributed by atoms with van der Waals surface area (Å²) in [4.78, 5) is 4.91. The molecule has 0 radical (unpaired) electrons. The molecule has 1 aliphatic rings. The van der Waals surface area contributed by atoms with Crippen LogP contribution in [0, 0.1) is 6.92 Å². The number of nitrogens with zero attached hydrogens (tertiary/aromatic N) is 2. The molecule has 1 aliphatic carbocycles. The summed E-state index contributed by atoms with van der Waals surface area (Å²) in [5, 5.41) is 1.33. The summed E-state index contributed by atoms with van der Waals surface area (Å²) in [5.41, 5.74) is 1.03. The fourth-order valence-corrected chi connectivity index (χ4v) is 7.69. The quantitative estimate of drug-likeness (QED) is 0.534. The molecule has 0 aliphatic heterocycles. The maximum Gasteiger partial charge on any atom is 0.307 e. The van der Waals surface area contributed by atoms with Crippen molar-refractivity contribution in [2.45, 2.75) is 58.5 Å². The van der Waals surface area contributed by atoms with Gasteiger partial charge in [0.25, 0.3) is 0 Å². The number of hydrogen-bond donors (Lipinski definition) is 0. The minimum Gasteiger partial charge on any atom is -0.217 e. The highest BCUT2D eigenvalue weighted by Gasteiger charge is 2.32. The van der Waals surface area contributed by atoms with Crippen molar-refractivity contribution in [1.29, 1.82) is 0 Å². The SMILES string of the molecule is Cc1ccc(S(=O)(=O)c2nc(SC3CCCCC3)sc2-[n+]2ccccc2)cc1. The Bertz CT molecular complexity index is 1040. The first-order valence-electron chi connectivity index (χ1n) is 9.50. The lowest BCUT2D eigenvalue weighted by molar-refractivity contribution is -0.594. The van der Waals surface area contributed by atoms with Gasteiger partial charge in [-0.05, 0) is 43.2 Å². The van der Waals surface area contributed by atoms with Crippen molar-refractivity contribution < 1.29 is 13.0 Å². The Labute approximate surface area is 174 Å². The van der Waals surface area contributed by atoms with E-state index in [1.54, 1.807) is 23.9 Å². The maximum atomic E-state index is 13.4. The second-order valence-electron chi connectivity index (χ2n) is 7.07. The molecule has 1 fully saturated rings. The van der Waals surface area contributed by atoms with E-state index in [1.807, 2.05) is 54.2 Å². The number of pyridine rings is 1. The Morgan fingerprint density at radius 3 is 2.39 bits per heavy atom. The van der Waals surface area contributed by atoms with Gasteiger partial charge in [-0.2, -0.15) is 4.57 Å². The lowest BCUT2D eigenvalue weighted by Gasteiger charge is -2.19. The minimum absolute atomic E-state index is 0.149. The molecule has 0 N–H and O–H groups in total. The molecule has 7 heteroatoms. The van der Waals surface area contributed by atoms with Gasteiger partial charge in [0.2, 0.25) is 14.9 Å². The third-order valence-electron chi connectivity index (χ3n) is 4.92. The van der Waals surface area contributed by atoms with E-state index in [9.17, 15) is 8.42 Å². The van der Waals surface area contributed by atoms with Crippen LogP contribution in [-0.2, 0) is 9.84 Å². The van der Waals surface area contributed by atoms with Gasteiger partial charge in [0.15, 0.2) is 16.7 Å². The van der Waals surface area contributed by atoms with Crippen molar-refractivity contribution in [2.24, 2.45) is 0 Å². The van der Waals surface area contributed by atoms with Crippen LogP contribution in [0.3, 0.4) is 0 Å². The number of thiazole rings is 1. The fraction of sp³-hybridized carbons (Fsp3) is 0.333. The molecule has 146 valence electrons. The average molecular weight is 432 g/mol. The molecule has 2 aromatic heterocycles. The molecule has 0 bridgehead atoms. The molecule has 0 amide bonds. The van der Waals surface area contributed by atoms with Crippen molar-refractivity contribution in [3.63, 3.8) is 0 Å². The fourth-order valence-electron chi connectivity index (χ4n) is 3.36. The smallest absolute Gasteiger partial charge is 0.217 e. The second-order valence-corrected chi connectivity index (χ2v) is 11.5. The maximum absolute atomic E-state index is 13.4. The number of aryl methyl sites for hydroxylation is 1. The molecule has 2 heterocycles. The van der Waals surface area contributed by atoms with E-state index >= 15 is 0 Å². The van der Waals surface area contributed by atoms with Crippen LogP contribution in [0.5, 0.6) is 0 Å². The molecule has 0 spiro atoms. The molecule has 3 aromatic rings. The minimum atomic E-state index is -3.69. The Balaban J connectivity index is 1.76. The summed E-state index contributed by atoms with van der Waals surface area (Å²) >= 11 is 3.20. The molecule has 0 atom stereocenters. The van der Waals surface area contributed by atoms with E-state index in [0.717, 1.165) is 9.90 Å². The molecule has 28 heavy (non-hydrogen) atoms. The van der Waals surface area contributed by atoms with Gasteiger partial charge in [-0.3, -0.25) is 0 Å². The summed E-state index contributed by atoms with van der Waals surface area (Å²) in [5.74, 6) is 0. The van der Waals surface area contributed by atoms with Crippen LogP contribution in [-0.4, -0.2) is 18.7 Å². The van der Waals surface area contributed by atoms with Crippen molar-refractivity contribution in [1.82, 2.24) is 4.98 Å². The predicted molar refractivity (Wildman–Crippen MR) is 113 cm³/mol. The van der Waals surface area contributed by atoms with Gasteiger partial charge in [-0.15, -0.1) is 0 Å². The molecule has 4 rings (SSSR count). The molecule has 1 aromatic carbocycles. The summed E-state index contributed by atoms with van der Waals surface area (Å²) in [7, 11) is -3.69. The van der Waals surface area contributed by atoms with Gasteiger partial charge in [0.1, 0.15) is 0 Å². The Hall–Kier alpha value is -1.70. The summed E-state index contributed by atoms with van der Waals surface area (Å²) in [6.07, 6.45) is 9.90. The van der Waals surface area contributed by atoms with Gasteiger partial charge in [-0.1, -0.05) is 54.8 Å². The Kier molecular flexibility index (Phi) is 5.85. The van der Waals surface area contributed by atoms with Crippen molar-refractivity contribution in [2.75, 3.05) is 0 Å². The average Bonchev–Trinajstić information content (AvgIpc) is 3.14. The molecule has 4 nitrogen and oxygen atoms in total. The van der Waals surface area contributed by atoms with E-state index in [0.29, 0.717) is 10.3 Å². The zero-order valence-corrected chi connectivity index (χ0v) is 18.2. The number of thioether (sulfide) groups is 1. The Morgan fingerprint density at radius 2 is 1.71 bits per heavy atom. The predicted octanol–water partition coefficient (Wildman–Crippen LogP) is 4.99. The van der Waals surface area contributed by atoms with Crippen molar-refractivity contribution in [3.8, 4) is 5.00 Å². The van der Waals surface area contributed by atoms with E-state index in [1.165, 1.54) is 43.4 Å². The highest BCUT2D eigenvalue weighted by molar-refractivity contribution is 8.01. The first-order chi connectivity index (χ1) is 13.5. The number of rotatable bonds is 5. The summed E-state index contributed by atoms with van der Waals surface area (Å²) < 4.78 is 29.4. The van der Waals surface area contributed by atoms with E-state index < -0.39 is 9.84 Å². The zero-order chi connectivity index (χ0) is 19.6. The second kappa shape index (κ2) is 8.35. The molecule has 0 unspecified atom stereocenters. The third-order valence-corrected chi connectivity index (χ3v) is 9.23. The van der Waals surface area contributed by atoms with Crippen LogP contribution < -0.4 is 4.57 Å². The van der Waals surface area contributed by atoms with Gasteiger partial charge in [-0.25, -0.2) is 13.4 Å². The Morgan fingerprint density at radius 1 is 1.04 bits per heavy atom. The molecule has 1 saturated carbocycles. The highest BCUT2D eigenvalue weighted by Crippen LogP contribution is 2.39. The van der Waals surface area contributed by atoms with Crippen LogP contribution in [0.4, 0.5) is 0 Å².